The molecule has 3 nitrogen and oxygen atoms in total. The molecule has 1 aromatic rings. The minimum Gasteiger partial charge on any atom is -0.207 e. The zero-order valence-electron chi connectivity index (χ0n) is 11.5. The topological polar surface area (TPSA) is 37.4 Å². The SMILES string of the molecule is CCC(C)(C)N(C)S(=O)(=O)c1cc(Br)ccc1C. The second-order valence-electron chi connectivity index (χ2n) is 5.05. The van der Waals surface area contributed by atoms with Gasteiger partial charge in [0.15, 0.2) is 0 Å². The van der Waals surface area contributed by atoms with Crippen molar-refractivity contribution in [2.45, 2.75) is 44.6 Å². The zero-order chi connectivity index (χ0) is 14.1. The molecule has 0 N–H and O–H groups in total. The van der Waals surface area contributed by atoms with E-state index in [0.29, 0.717) is 4.90 Å². The molecule has 1 rings (SSSR count). The molecule has 0 fully saturated rings. The van der Waals surface area contributed by atoms with Gasteiger partial charge < -0.3 is 0 Å². The van der Waals surface area contributed by atoms with E-state index in [0.717, 1.165) is 16.5 Å². The van der Waals surface area contributed by atoms with Gasteiger partial charge in [-0.25, -0.2) is 8.42 Å². The van der Waals surface area contributed by atoms with Crippen molar-refractivity contribution in [2.24, 2.45) is 0 Å². The summed E-state index contributed by atoms with van der Waals surface area (Å²) >= 11 is 3.32. The van der Waals surface area contributed by atoms with E-state index in [4.69, 9.17) is 0 Å². The van der Waals surface area contributed by atoms with Gasteiger partial charge in [-0.15, -0.1) is 0 Å². The van der Waals surface area contributed by atoms with Crippen molar-refractivity contribution >= 4 is 26.0 Å². The average molecular weight is 334 g/mol. The van der Waals surface area contributed by atoms with E-state index in [9.17, 15) is 8.42 Å². The lowest BCUT2D eigenvalue weighted by molar-refractivity contribution is 0.257. The van der Waals surface area contributed by atoms with E-state index in [1.165, 1.54) is 4.31 Å². The zero-order valence-corrected chi connectivity index (χ0v) is 13.9. The monoisotopic (exact) mass is 333 g/mol. The van der Waals surface area contributed by atoms with Crippen LogP contribution in [0.15, 0.2) is 27.6 Å². The van der Waals surface area contributed by atoms with Gasteiger partial charge in [-0.2, -0.15) is 4.31 Å². The van der Waals surface area contributed by atoms with Gasteiger partial charge in [0.1, 0.15) is 0 Å². The highest BCUT2D eigenvalue weighted by molar-refractivity contribution is 9.10. The van der Waals surface area contributed by atoms with Crippen LogP contribution in [0.2, 0.25) is 0 Å². The van der Waals surface area contributed by atoms with Crippen molar-refractivity contribution in [1.82, 2.24) is 4.31 Å². The van der Waals surface area contributed by atoms with Gasteiger partial charge in [0, 0.05) is 17.1 Å². The first-order valence-electron chi connectivity index (χ1n) is 5.88. The fourth-order valence-electron chi connectivity index (χ4n) is 1.55. The fraction of sp³-hybridized carbons (Fsp3) is 0.538. The minimum absolute atomic E-state index is 0.362. The molecule has 0 spiro atoms. The third kappa shape index (κ3) is 2.95. The molecule has 0 saturated carbocycles. The number of hydrogen-bond acceptors (Lipinski definition) is 2. The summed E-state index contributed by atoms with van der Waals surface area (Å²) in [6.45, 7) is 7.65. The summed E-state index contributed by atoms with van der Waals surface area (Å²) < 4.78 is 27.5. The smallest absolute Gasteiger partial charge is 0.207 e. The standard InChI is InChI=1S/C13H20BrNO2S/c1-6-13(3,4)15(5)18(16,17)12-9-11(14)8-7-10(12)2/h7-9H,6H2,1-5H3. The first-order chi connectivity index (χ1) is 8.13. The minimum atomic E-state index is -3.46. The van der Waals surface area contributed by atoms with E-state index >= 15 is 0 Å². The van der Waals surface area contributed by atoms with Gasteiger partial charge >= 0.3 is 0 Å². The first kappa shape index (κ1) is 15.7. The number of rotatable bonds is 4. The Morgan fingerprint density at radius 2 is 1.89 bits per heavy atom. The molecule has 1 aromatic carbocycles. The second-order valence-corrected chi connectivity index (χ2v) is 7.90. The summed E-state index contributed by atoms with van der Waals surface area (Å²) in [5.41, 5.74) is 0.366. The summed E-state index contributed by atoms with van der Waals surface area (Å²) in [4.78, 5) is 0.362. The highest BCUT2D eigenvalue weighted by Gasteiger charge is 2.33. The molecular weight excluding hydrogens is 314 g/mol. The third-order valence-electron chi connectivity index (χ3n) is 3.51. The van der Waals surface area contributed by atoms with Crippen LogP contribution in [0.4, 0.5) is 0 Å². The van der Waals surface area contributed by atoms with Crippen LogP contribution in [0.3, 0.4) is 0 Å². The maximum Gasteiger partial charge on any atom is 0.243 e. The second kappa shape index (κ2) is 5.31. The van der Waals surface area contributed by atoms with Gasteiger partial charge in [0.25, 0.3) is 0 Å². The molecule has 0 heterocycles. The lowest BCUT2D eigenvalue weighted by atomic mass is 10.0. The van der Waals surface area contributed by atoms with Gasteiger partial charge in [-0.05, 0) is 44.9 Å². The van der Waals surface area contributed by atoms with Gasteiger partial charge in [-0.1, -0.05) is 28.9 Å². The number of sulfonamides is 1. The van der Waals surface area contributed by atoms with E-state index in [1.54, 1.807) is 13.1 Å². The number of hydrogen-bond donors (Lipinski definition) is 0. The highest BCUT2D eigenvalue weighted by atomic mass is 79.9. The number of benzene rings is 1. The predicted molar refractivity (Wildman–Crippen MR) is 78.2 cm³/mol. The van der Waals surface area contributed by atoms with Crippen molar-refractivity contribution in [2.75, 3.05) is 7.05 Å². The Hall–Kier alpha value is -0.390. The van der Waals surface area contributed by atoms with Crippen molar-refractivity contribution < 1.29 is 8.42 Å². The summed E-state index contributed by atoms with van der Waals surface area (Å²) in [6.07, 6.45) is 0.760. The molecule has 0 unspecified atom stereocenters. The third-order valence-corrected chi connectivity index (χ3v) is 6.21. The number of nitrogens with zero attached hydrogens (tertiary/aromatic N) is 1. The number of halogens is 1. The number of aryl methyl sites for hydroxylation is 1. The Morgan fingerprint density at radius 1 is 1.33 bits per heavy atom. The van der Waals surface area contributed by atoms with E-state index in [-0.39, 0.29) is 0 Å². The molecule has 5 heteroatoms. The van der Waals surface area contributed by atoms with Crippen LogP contribution in [-0.2, 0) is 10.0 Å². The van der Waals surface area contributed by atoms with Crippen LogP contribution < -0.4 is 0 Å². The van der Waals surface area contributed by atoms with Crippen LogP contribution in [0.1, 0.15) is 32.8 Å². The summed E-state index contributed by atoms with van der Waals surface area (Å²) in [6, 6.07) is 5.32. The average Bonchev–Trinajstić information content (AvgIpc) is 2.31. The molecule has 0 aliphatic rings. The Kier molecular flexibility index (Phi) is 4.62. The maximum absolute atomic E-state index is 12.6. The van der Waals surface area contributed by atoms with Crippen LogP contribution in [0.5, 0.6) is 0 Å². The van der Waals surface area contributed by atoms with Crippen LogP contribution in [-0.4, -0.2) is 25.3 Å². The Morgan fingerprint density at radius 3 is 2.39 bits per heavy atom. The molecule has 0 aliphatic heterocycles. The van der Waals surface area contributed by atoms with Crippen molar-refractivity contribution in [3.05, 3.63) is 28.2 Å². The predicted octanol–water partition coefficient (Wildman–Crippen LogP) is 3.57. The molecular formula is C13H20BrNO2S. The van der Waals surface area contributed by atoms with Crippen LogP contribution in [0, 0.1) is 6.92 Å². The van der Waals surface area contributed by atoms with Gasteiger partial charge in [-0.3, -0.25) is 0 Å². The molecule has 0 radical (unpaired) electrons. The molecule has 0 aliphatic carbocycles. The van der Waals surface area contributed by atoms with Crippen molar-refractivity contribution in [3.8, 4) is 0 Å². The summed E-state index contributed by atoms with van der Waals surface area (Å²) in [7, 11) is -1.82. The Labute approximate surface area is 118 Å². The molecule has 0 atom stereocenters. The van der Waals surface area contributed by atoms with E-state index < -0.39 is 15.6 Å². The van der Waals surface area contributed by atoms with Gasteiger partial charge in [0.05, 0.1) is 4.90 Å². The van der Waals surface area contributed by atoms with Crippen molar-refractivity contribution in [1.29, 1.82) is 0 Å². The summed E-state index contributed by atoms with van der Waals surface area (Å²) in [5, 5.41) is 0. The summed E-state index contributed by atoms with van der Waals surface area (Å²) in [5.74, 6) is 0. The first-order valence-corrected chi connectivity index (χ1v) is 8.11. The quantitative estimate of drug-likeness (QED) is 0.844. The molecule has 18 heavy (non-hydrogen) atoms. The largest absolute Gasteiger partial charge is 0.243 e. The normalized spacial score (nSPS) is 13.1. The highest BCUT2D eigenvalue weighted by Crippen LogP contribution is 2.28. The Bertz CT molecular complexity index is 538. The Balaban J connectivity index is 3.34. The van der Waals surface area contributed by atoms with E-state index in [1.807, 2.05) is 39.8 Å². The van der Waals surface area contributed by atoms with E-state index in [2.05, 4.69) is 15.9 Å². The molecule has 0 saturated heterocycles. The van der Waals surface area contributed by atoms with Crippen molar-refractivity contribution in [3.63, 3.8) is 0 Å². The maximum atomic E-state index is 12.6. The van der Waals surface area contributed by atoms with Crippen LogP contribution in [0.25, 0.3) is 0 Å². The molecule has 0 bridgehead atoms. The fourth-order valence-corrected chi connectivity index (χ4v) is 3.89. The molecule has 102 valence electrons. The lowest BCUT2D eigenvalue weighted by Gasteiger charge is -2.34. The molecule has 0 amide bonds. The van der Waals surface area contributed by atoms with Crippen LogP contribution >= 0.6 is 15.9 Å². The molecule has 0 aromatic heterocycles. The lowest BCUT2D eigenvalue weighted by Crippen LogP contribution is -2.44. The van der Waals surface area contributed by atoms with Gasteiger partial charge in [0.2, 0.25) is 10.0 Å².